The Morgan fingerprint density at radius 1 is 1.28 bits per heavy atom. The third-order valence-electron chi connectivity index (χ3n) is 6.13. The first kappa shape index (κ1) is 18.5. The molecule has 2 nitrogen and oxygen atoms in total. The van der Waals surface area contributed by atoms with Gasteiger partial charge in [-0.05, 0) is 82.2 Å². The normalized spacial score (nSPS) is 21.8. The molecule has 1 unspecified atom stereocenters. The first-order valence-electron chi connectivity index (χ1n) is 9.27. The summed E-state index contributed by atoms with van der Waals surface area (Å²) in [5.41, 5.74) is 2.68. The van der Waals surface area contributed by atoms with Crippen LogP contribution in [0.15, 0.2) is 30.5 Å². The van der Waals surface area contributed by atoms with Crippen molar-refractivity contribution in [1.29, 1.82) is 0 Å². The van der Waals surface area contributed by atoms with Crippen LogP contribution in [0.4, 0.5) is 4.39 Å². The summed E-state index contributed by atoms with van der Waals surface area (Å²) in [7, 11) is 0. The number of nitrogens with zero attached hydrogens (tertiary/aromatic N) is 2. The summed E-state index contributed by atoms with van der Waals surface area (Å²) in [4.78, 5) is 8.27. The Morgan fingerprint density at radius 2 is 2.08 bits per heavy atom. The van der Waals surface area contributed by atoms with Crippen molar-refractivity contribution in [1.82, 2.24) is 9.88 Å². The summed E-state index contributed by atoms with van der Waals surface area (Å²) in [6, 6.07) is 7.85. The molecule has 0 spiro atoms. The highest BCUT2D eigenvalue weighted by atomic mass is 32.1. The van der Waals surface area contributed by atoms with Crippen LogP contribution in [0.2, 0.25) is 0 Å². The lowest BCUT2D eigenvalue weighted by Gasteiger charge is -2.38. The van der Waals surface area contributed by atoms with Crippen LogP contribution < -0.4 is 0 Å². The van der Waals surface area contributed by atoms with E-state index in [2.05, 4.69) is 42.8 Å². The van der Waals surface area contributed by atoms with Gasteiger partial charge in [-0.15, -0.1) is 11.3 Å². The van der Waals surface area contributed by atoms with Gasteiger partial charge in [0, 0.05) is 28.9 Å². The second-order valence-electron chi connectivity index (χ2n) is 7.98. The van der Waals surface area contributed by atoms with Crippen LogP contribution in [-0.4, -0.2) is 23.0 Å². The molecule has 1 aliphatic rings. The Morgan fingerprint density at radius 3 is 2.68 bits per heavy atom. The number of halogens is 1. The number of hydrogen-bond donors (Lipinski definition) is 0. The highest BCUT2D eigenvalue weighted by Gasteiger charge is 2.42. The van der Waals surface area contributed by atoms with Gasteiger partial charge in [-0.3, -0.25) is 9.88 Å². The van der Waals surface area contributed by atoms with E-state index in [9.17, 15) is 4.39 Å². The fourth-order valence-corrected chi connectivity index (χ4v) is 4.70. The molecule has 2 aromatic rings. The van der Waals surface area contributed by atoms with Crippen LogP contribution >= 0.6 is 11.3 Å². The number of likely N-dealkylation sites (tertiary alicyclic amines) is 1. The summed E-state index contributed by atoms with van der Waals surface area (Å²) in [6.07, 6.45) is 6.56. The molecule has 0 amide bonds. The SMILES string of the molecule is CCC1(CCc2ccc(F)s2)CCN(C(C)(C)c2ccc(C)nc2)C1. The van der Waals surface area contributed by atoms with Gasteiger partial charge in [0.15, 0.2) is 5.13 Å². The molecule has 136 valence electrons. The molecule has 0 aliphatic carbocycles. The van der Waals surface area contributed by atoms with E-state index in [4.69, 9.17) is 0 Å². The average molecular weight is 361 g/mol. The molecule has 2 aromatic heterocycles. The smallest absolute Gasteiger partial charge is 0.176 e. The molecule has 1 fully saturated rings. The molecule has 1 atom stereocenters. The first-order chi connectivity index (χ1) is 11.8. The number of hydrogen-bond acceptors (Lipinski definition) is 3. The van der Waals surface area contributed by atoms with E-state index < -0.39 is 0 Å². The van der Waals surface area contributed by atoms with Crippen LogP contribution in [-0.2, 0) is 12.0 Å². The maximum absolute atomic E-state index is 13.2. The van der Waals surface area contributed by atoms with Crippen molar-refractivity contribution in [2.75, 3.05) is 13.1 Å². The molecule has 3 rings (SSSR count). The third-order valence-corrected chi connectivity index (χ3v) is 7.06. The molecule has 1 saturated heterocycles. The van der Waals surface area contributed by atoms with E-state index in [1.807, 2.05) is 19.2 Å². The van der Waals surface area contributed by atoms with Crippen LogP contribution in [0.25, 0.3) is 0 Å². The van der Waals surface area contributed by atoms with Crippen molar-refractivity contribution in [2.24, 2.45) is 5.41 Å². The third kappa shape index (κ3) is 3.95. The maximum atomic E-state index is 13.2. The van der Waals surface area contributed by atoms with Gasteiger partial charge in [-0.25, -0.2) is 0 Å². The van der Waals surface area contributed by atoms with Crippen LogP contribution in [0, 0.1) is 17.5 Å². The molecule has 0 saturated carbocycles. The Balaban J connectivity index is 1.70. The van der Waals surface area contributed by atoms with Crippen LogP contribution in [0.3, 0.4) is 0 Å². The summed E-state index contributed by atoms with van der Waals surface area (Å²) >= 11 is 1.30. The highest BCUT2D eigenvalue weighted by Crippen LogP contribution is 2.43. The van der Waals surface area contributed by atoms with Gasteiger partial charge in [-0.1, -0.05) is 13.0 Å². The molecule has 0 bridgehead atoms. The monoisotopic (exact) mass is 360 g/mol. The molecular weight excluding hydrogens is 331 g/mol. The van der Waals surface area contributed by atoms with Gasteiger partial charge in [0.05, 0.1) is 0 Å². The second kappa shape index (κ2) is 7.16. The Hall–Kier alpha value is -1.26. The maximum Gasteiger partial charge on any atom is 0.176 e. The standard InChI is InChI=1S/C21H29FN2S/c1-5-21(11-10-18-8-9-19(22)25-18)12-13-24(15-21)20(3,4)17-7-6-16(2)23-14-17/h6-9,14H,5,10-13,15H2,1-4H3. The lowest BCUT2D eigenvalue weighted by atomic mass is 9.79. The summed E-state index contributed by atoms with van der Waals surface area (Å²) in [5, 5.41) is -0.0680. The highest BCUT2D eigenvalue weighted by molar-refractivity contribution is 7.10. The fourth-order valence-electron chi connectivity index (χ4n) is 3.97. The molecule has 4 heteroatoms. The van der Waals surface area contributed by atoms with Crippen molar-refractivity contribution in [2.45, 2.75) is 58.9 Å². The number of thiophene rings is 1. The Bertz CT molecular complexity index is 707. The van der Waals surface area contributed by atoms with E-state index in [1.165, 1.54) is 34.6 Å². The van der Waals surface area contributed by atoms with Gasteiger partial charge in [0.2, 0.25) is 0 Å². The first-order valence-corrected chi connectivity index (χ1v) is 10.1. The zero-order chi connectivity index (χ0) is 18.1. The zero-order valence-corrected chi connectivity index (χ0v) is 16.6. The van der Waals surface area contributed by atoms with Crippen molar-refractivity contribution in [3.05, 3.63) is 51.7 Å². The molecule has 3 heterocycles. The van der Waals surface area contributed by atoms with E-state index in [0.29, 0.717) is 5.41 Å². The summed E-state index contributed by atoms with van der Waals surface area (Å²) in [5.74, 6) is 0. The molecular formula is C21H29FN2S. The van der Waals surface area contributed by atoms with Crippen molar-refractivity contribution >= 4 is 11.3 Å². The van der Waals surface area contributed by atoms with Crippen molar-refractivity contribution < 1.29 is 4.39 Å². The average Bonchev–Trinajstić information content (AvgIpc) is 3.21. The van der Waals surface area contributed by atoms with Gasteiger partial charge in [0.25, 0.3) is 0 Å². The van der Waals surface area contributed by atoms with E-state index in [0.717, 1.165) is 31.6 Å². The molecule has 0 N–H and O–H groups in total. The summed E-state index contributed by atoms with van der Waals surface area (Å²) < 4.78 is 13.2. The predicted molar refractivity (Wildman–Crippen MR) is 104 cm³/mol. The van der Waals surface area contributed by atoms with Gasteiger partial charge in [0.1, 0.15) is 0 Å². The van der Waals surface area contributed by atoms with Crippen molar-refractivity contribution in [3.8, 4) is 0 Å². The lowest BCUT2D eigenvalue weighted by molar-refractivity contribution is 0.126. The molecule has 1 aliphatic heterocycles. The van der Waals surface area contributed by atoms with Crippen LogP contribution in [0.5, 0.6) is 0 Å². The number of pyridine rings is 1. The molecule has 25 heavy (non-hydrogen) atoms. The topological polar surface area (TPSA) is 16.1 Å². The van der Waals surface area contributed by atoms with E-state index >= 15 is 0 Å². The van der Waals surface area contributed by atoms with Gasteiger partial charge < -0.3 is 0 Å². The number of aromatic nitrogens is 1. The van der Waals surface area contributed by atoms with Gasteiger partial charge in [-0.2, -0.15) is 4.39 Å². The Labute approximate surface area is 155 Å². The minimum absolute atomic E-state index is 0.00728. The molecule has 0 aromatic carbocycles. The van der Waals surface area contributed by atoms with E-state index in [1.54, 1.807) is 6.07 Å². The predicted octanol–water partition coefficient (Wildman–Crippen LogP) is 5.56. The lowest BCUT2D eigenvalue weighted by Crippen LogP contribution is -2.41. The van der Waals surface area contributed by atoms with E-state index in [-0.39, 0.29) is 10.7 Å². The van der Waals surface area contributed by atoms with Crippen LogP contribution in [0.1, 0.15) is 56.2 Å². The summed E-state index contributed by atoms with van der Waals surface area (Å²) in [6.45, 7) is 11.2. The van der Waals surface area contributed by atoms with Crippen molar-refractivity contribution in [3.63, 3.8) is 0 Å². The fraction of sp³-hybridized carbons (Fsp3) is 0.571. The zero-order valence-electron chi connectivity index (χ0n) is 15.8. The van der Waals surface area contributed by atoms with Gasteiger partial charge >= 0.3 is 0 Å². The number of rotatable bonds is 6. The molecule has 0 radical (unpaired) electrons. The minimum atomic E-state index is -0.0680. The number of aryl methyl sites for hydroxylation is 2. The minimum Gasteiger partial charge on any atom is -0.294 e. The largest absolute Gasteiger partial charge is 0.294 e. The second-order valence-corrected chi connectivity index (χ2v) is 9.10. The quantitative estimate of drug-likeness (QED) is 0.670. The Kier molecular flexibility index (Phi) is 5.31.